The molecule has 5 N–H and O–H groups in total. The fourth-order valence-electron chi connectivity index (χ4n) is 6.10. The highest BCUT2D eigenvalue weighted by atomic mass is 16.5. The van der Waals surface area contributed by atoms with Gasteiger partial charge in [0.2, 0.25) is 23.6 Å². The zero-order chi connectivity index (χ0) is 35.3. The van der Waals surface area contributed by atoms with E-state index < -0.39 is 65.4 Å². The first-order valence-electron chi connectivity index (χ1n) is 16.2. The van der Waals surface area contributed by atoms with E-state index in [0.29, 0.717) is 12.8 Å². The lowest BCUT2D eigenvalue weighted by molar-refractivity contribution is -0.145. The Bertz CT molecular complexity index is 1530. The molecular formula is C35H45N5O8. The highest BCUT2D eigenvalue weighted by molar-refractivity contribution is 5.96. The Balaban J connectivity index is 1.27. The summed E-state index contributed by atoms with van der Waals surface area (Å²) in [5, 5.41) is 19.7. The molecule has 5 amide bonds. The van der Waals surface area contributed by atoms with Crippen LogP contribution in [0.4, 0.5) is 4.79 Å². The number of hydrogen-bond acceptors (Lipinski definition) is 7. The quantitative estimate of drug-likeness (QED) is 0.230. The second kappa shape index (κ2) is 14.9. The third-order valence-electron chi connectivity index (χ3n) is 8.86. The van der Waals surface area contributed by atoms with E-state index in [1.807, 2.05) is 48.5 Å². The standard InChI is InChI=1S/C35H45N5O8/c1-19(2)28(32(44)45)38-30(42)27-16-11-17-40(27)31(43)21(4)36-29(41)20(3)37-33(46)35(5,6)39-34(47)48-18-26-24-14-9-7-12-22(24)23-13-8-10-15-25(23)26/h7-10,12-15,19-21,26-28H,11,16-18H2,1-6H3,(H,36,41)(H,37,46)(H,38,42)(H,39,47)(H,44,45)/t20-,21-,27-,28-/m0/s1. The molecule has 0 unspecified atom stereocenters. The molecule has 1 heterocycles. The Labute approximate surface area is 280 Å². The normalized spacial score (nSPS) is 17.4. The summed E-state index contributed by atoms with van der Waals surface area (Å²) in [5.74, 6) is -4.03. The second-order valence-electron chi connectivity index (χ2n) is 13.3. The monoisotopic (exact) mass is 663 g/mol. The third-order valence-corrected chi connectivity index (χ3v) is 8.86. The van der Waals surface area contributed by atoms with Crippen LogP contribution in [-0.4, -0.2) is 88.6 Å². The number of hydrogen-bond donors (Lipinski definition) is 5. The van der Waals surface area contributed by atoms with Crippen molar-refractivity contribution in [1.29, 1.82) is 0 Å². The molecular weight excluding hydrogens is 618 g/mol. The Kier molecular flexibility index (Phi) is 11.1. The van der Waals surface area contributed by atoms with Gasteiger partial charge in [-0.2, -0.15) is 0 Å². The van der Waals surface area contributed by atoms with Crippen molar-refractivity contribution in [3.63, 3.8) is 0 Å². The van der Waals surface area contributed by atoms with Crippen molar-refractivity contribution in [3.8, 4) is 11.1 Å². The van der Waals surface area contributed by atoms with Gasteiger partial charge in [0.15, 0.2) is 0 Å². The molecule has 1 aliphatic heterocycles. The number of aliphatic carboxylic acids is 1. The summed E-state index contributed by atoms with van der Waals surface area (Å²) in [6.45, 7) is 9.56. The van der Waals surface area contributed by atoms with Crippen LogP contribution in [0, 0.1) is 5.92 Å². The number of rotatable bonds is 12. The van der Waals surface area contributed by atoms with E-state index in [9.17, 15) is 33.9 Å². The van der Waals surface area contributed by atoms with Crippen LogP contribution in [0.1, 0.15) is 71.4 Å². The molecule has 258 valence electrons. The molecule has 2 aromatic rings. The largest absolute Gasteiger partial charge is 0.480 e. The van der Waals surface area contributed by atoms with Crippen LogP contribution in [0.15, 0.2) is 48.5 Å². The van der Waals surface area contributed by atoms with E-state index in [1.54, 1.807) is 13.8 Å². The van der Waals surface area contributed by atoms with Gasteiger partial charge >= 0.3 is 12.1 Å². The average Bonchev–Trinajstić information content (AvgIpc) is 3.65. The minimum Gasteiger partial charge on any atom is -0.480 e. The van der Waals surface area contributed by atoms with Crippen molar-refractivity contribution in [2.45, 2.75) is 90.0 Å². The molecule has 48 heavy (non-hydrogen) atoms. The highest BCUT2D eigenvalue weighted by Gasteiger charge is 2.39. The first-order valence-corrected chi connectivity index (χ1v) is 16.2. The summed E-state index contributed by atoms with van der Waals surface area (Å²) >= 11 is 0. The van der Waals surface area contributed by atoms with Gasteiger partial charge in [-0.25, -0.2) is 9.59 Å². The molecule has 0 radical (unpaired) electrons. The number of carboxylic acids is 1. The van der Waals surface area contributed by atoms with Crippen molar-refractivity contribution in [2.24, 2.45) is 5.92 Å². The summed E-state index contributed by atoms with van der Waals surface area (Å²) in [6, 6.07) is 11.8. The lowest BCUT2D eigenvalue weighted by Crippen LogP contribution is -2.60. The van der Waals surface area contributed by atoms with Gasteiger partial charge in [-0.15, -0.1) is 0 Å². The number of fused-ring (bicyclic) bond motifs is 3. The van der Waals surface area contributed by atoms with Crippen LogP contribution in [0.2, 0.25) is 0 Å². The molecule has 0 bridgehead atoms. The molecule has 2 aliphatic rings. The maximum absolute atomic E-state index is 13.2. The second-order valence-corrected chi connectivity index (χ2v) is 13.3. The van der Waals surface area contributed by atoms with Crippen LogP contribution in [0.25, 0.3) is 11.1 Å². The molecule has 1 fully saturated rings. The lowest BCUT2D eigenvalue weighted by atomic mass is 9.98. The number of carboxylic acid groups (broad SMARTS) is 1. The maximum Gasteiger partial charge on any atom is 0.408 e. The number of carbonyl (C=O) groups is 6. The predicted molar refractivity (Wildman–Crippen MR) is 177 cm³/mol. The summed E-state index contributed by atoms with van der Waals surface area (Å²) < 4.78 is 5.57. The average molecular weight is 664 g/mol. The van der Waals surface area contributed by atoms with Gasteiger partial charge in [-0.05, 0) is 68.7 Å². The van der Waals surface area contributed by atoms with Crippen LogP contribution in [-0.2, 0) is 28.7 Å². The Morgan fingerprint density at radius 3 is 2.02 bits per heavy atom. The van der Waals surface area contributed by atoms with Gasteiger partial charge in [0, 0.05) is 12.5 Å². The molecule has 0 spiro atoms. The van der Waals surface area contributed by atoms with E-state index in [0.717, 1.165) is 22.3 Å². The fourth-order valence-corrected chi connectivity index (χ4v) is 6.10. The summed E-state index contributed by atoms with van der Waals surface area (Å²) in [7, 11) is 0. The minimum atomic E-state index is -1.45. The topological polar surface area (TPSA) is 183 Å². The van der Waals surface area contributed by atoms with Crippen LogP contribution < -0.4 is 21.3 Å². The number of benzene rings is 2. The number of nitrogens with one attached hydrogen (secondary N) is 4. The van der Waals surface area contributed by atoms with Crippen LogP contribution in [0.5, 0.6) is 0 Å². The summed E-state index contributed by atoms with van der Waals surface area (Å²) in [5.41, 5.74) is 2.84. The zero-order valence-corrected chi connectivity index (χ0v) is 28.2. The molecule has 0 aromatic heterocycles. The minimum absolute atomic E-state index is 0.0691. The number of alkyl carbamates (subject to hydrolysis) is 1. The van der Waals surface area contributed by atoms with E-state index in [4.69, 9.17) is 4.74 Å². The van der Waals surface area contributed by atoms with Crippen molar-refractivity contribution < 1.29 is 38.6 Å². The Morgan fingerprint density at radius 2 is 1.46 bits per heavy atom. The van der Waals surface area contributed by atoms with Crippen molar-refractivity contribution in [2.75, 3.05) is 13.2 Å². The van der Waals surface area contributed by atoms with Crippen molar-refractivity contribution in [1.82, 2.24) is 26.2 Å². The predicted octanol–water partition coefficient (Wildman–Crippen LogP) is 2.53. The number of nitrogens with zero attached hydrogens (tertiary/aromatic N) is 1. The number of amides is 5. The first-order chi connectivity index (χ1) is 22.6. The van der Waals surface area contributed by atoms with Gasteiger partial charge in [-0.3, -0.25) is 19.2 Å². The third kappa shape index (κ3) is 7.95. The van der Waals surface area contributed by atoms with Gasteiger partial charge < -0.3 is 36.0 Å². The molecule has 1 aliphatic carbocycles. The van der Waals surface area contributed by atoms with Crippen molar-refractivity contribution >= 4 is 35.7 Å². The fraction of sp³-hybridized carbons (Fsp3) is 0.486. The molecule has 0 saturated carbocycles. The first kappa shape index (κ1) is 35.9. The van der Waals surface area contributed by atoms with E-state index in [-0.39, 0.29) is 25.0 Å². The number of carbonyl (C=O) groups excluding carboxylic acids is 5. The summed E-state index contributed by atoms with van der Waals surface area (Å²) in [6.07, 6.45) is 0.115. The van der Waals surface area contributed by atoms with E-state index in [2.05, 4.69) is 21.3 Å². The highest BCUT2D eigenvalue weighted by Crippen LogP contribution is 2.44. The lowest BCUT2D eigenvalue weighted by Gasteiger charge is -2.30. The Morgan fingerprint density at radius 1 is 0.875 bits per heavy atom. The smallest absolute Gasteiger partial charge is 0.408 e. The van der Waals surface area contributed by atoms with Gasteiger partial charge in [-0.1, -0.05) is 62.4 Å². The molecule has 13 nitrogen and oxygen atoms in total. The maximum atomic E-state index is 13.2. The molecule has 13 heteroatoms. The van der Waals surface area contributed by atoms with Crippen LogP contribution >= 0.6 is 0 Å². The van der Waals surface area contributed by atoms with Gasteiger partial charge in [0.1, 0.15) is 36.3 Å². The van der Waals surface area contributed by atoms with Crippen molar-refractivity contribution in [3.05, 3.63) is 59.7 Å². The Hall–Kier alpha value is -4.94. The summed E-state index contributed by atoms with van der Waals surface area (Å²) in [4.78, 5) is 77.9. The van der Waals surface area contributed by atoms with Gasteiger partial charge in [0.25, 0.3) is 0 Å². The van der Waals surface area contributed by atoms with Crippen LogP contribution in [0.3, 0.4) is 0 Å². The zero-order valence-electron chi connectivity index (χ0n) is 28.2. The molecule has 2 aromatic carbocycles. The van der Waals surface area contributed by atoms with Gasteiger partial charge in [0.05, 0.1) is 0 Å². The number of likely N-dealkylation sites (tertiary alicyclic amines) is 1. The van der Waals surface area contributed by atoms with E-state index >= 15 is 0 Å². The molecule has 4 atom stereocenters. The molecule has 1 saturated heterocycles. The number of ether oxygens (including phenoxy) is 1. The molecule has 4 rings (SSSR count). The SMILES string of the molecule is CC(C)[C@H](NC(=O)[C@@H]1CCCN1C(=O)[C@H](C)NC(=O)[C@H](C)NC(=O)C(C)(C)NC(=O)OCC1c2ccccc2-c2ccccc21)C(=O)O. The van der Waals surface area contributed by atoms with E-state index in [1.165, 1.54) is 32.6 Å².